The third-order valence-corrected chi connectivity index (χ3v) is 2.26. The number of thiophene rings is 1. The van der Waals surface area contributed by atoms with E-state index in [0.29, 0.717) is 12.6 Å². The topological polar surface area (TPSA) is 69.2 Å². The van der Waals surface area contributed by atoms with E-state index in [9.17, 15) is 14.7 Å². The molecule has 1 rings (SSSR count). The number of amides is 1. The summed E-state index contributed by atoms with van der Waals surface area (Å²) >= 11 is 1.52. The van der Waals surface area contributed by atoms with E-state index in [0.717, 1.165) is 11.0 Å². The van der Waals surface area contributed by atoms with Crippen LogP contribution in [-0.4, -0.2) is 11.9 Å². The second-order valence-electron chi connectivity index (χ2n) is 2.45. The van der Waals surface area contributed by atoms with Gasteiger partial charge in [-0.25, -0.2) is 0 Å². The lowest BCUT2D eigenvalue weighted by atomic mass is 10.4. The predicted molar refractivity (Wildman–Crippen MR) is 50.3 cm³/mol. The van der Waals surface area contributed by atoms with Gasteiger partial charge in [-0.05, 0) is 17.5 Å². The largest absolute Gasteiger partial charge is 0.545 e. The van der Waals surface area contributed by atoms with Crippen molar-refractivity contribution in [3.8, 4) is 0 Å². The van der Waals surface area contributed by atoms with Crippen molar-refractivity contribution < 1.29 is 14.7 Å². The minimum absolute atomic E-state index is 0.411. The molecule has 5 heteroatoms. The standard InChI is InChI=1S/C9H9NO3S/c11-8(3-4-9(12)13)10-6-7-2-1-5-14-7/h1-5H,6H2,(H,10,11)(H,12,13)/p-1. The molecular formula is C9H8NO3S-. The van der Waals surface area contributed by atoms with E-state index < -0.39 is 11.9 Å². The summed E-state index contributed by atoms with van der Waals surface area (Å²) in [5, 5.41) is 14.4. The molecule has 0 radical (unpaired) electrons. The number of carboxylic acid groups (broad SMARTS) is 1. The molecule has 0 atom stereocenters. The summed E-state index contributed by atoms with van der Waals surface area (Å²) in [5.41, 5.74) is 0. The van der Waals surface area contributed by atoms with Gasteiger partial charge < -0.3 is 15.2 Å². The monoisotopic (exact) mass is 210 g/mol. The van der Waals surface area contributed by atoms with Crippen LogP contribution in [0.3, 0.4) is 0 Å². The van der Waals surface area contributed by atoms with E-state index in [1.807, 2.05) is 17.5 Å². The van der Waals surface area contributed by atoms with Gasteiger partial charge in [-0.3, -0.25) is 4.79 Å². The fourth-order valence-corrected chi connectivity index (χ4v) is 1.43. The van der Waals surface area contributed by atoms with Crippen molar-refractivity contribution in [2.24, 2.45) is 0 Å². The van der Waals surface area contributed by atoms with Crippen LogP contribution in [0.4, 0.5) is 0 Å². The van der Waals surface area contributed by atoms with Gasteiger partial charge in [0.25, 0.3) is 0 Å². The lowest BCUT2D eigenvalue weighted by Gasteiger charge is -1.98. The number of rotatable bonds is 4. The molecule has 4 nitrogen and oxygen atoms in total. The minimum Gasteiger partial charge on any atom is -0.545 e. The van der Waals surface area contributed by atoms with Gasteiger partial charge in [0.05, 0.1) is 12.5 Å². The van der Waals surface area contributed by atoms with Gasteiger partial charge in [0.1, 0.15) is 0 Å². The molecule has 0 saturated heterocycles. The lowest BCUT2D eigenvalue weighted by Crippen LogP contribution is -2.23. The maximum Gasteiger partial charge on any atom is 0.244 e. The fraction of sp³-hybridized carbons (Fsp3) is 0.111. The van der Waals surface area contributed by atoms with Crippen LogP contribution in [0.15, 0.2) is 29.7 Å². The summed E-state index contributed by atoms with van der Waals surface area (Å²) in [6.07, 6.45) is 1.63. The number of aliphatic carboxylic acids is 1. The van der Waals surface area contributed by atoms with Crippen LogP contribution in [0.2, 0.25) is 0 Å². The van der Waals surface area contributed by atoms with Crippen LogP contribution < -0.4 is 10.4 Å². The van der Waals surface area contributed by atoms with Gasteiger partial charge in [0.2, 0.25) is 5.91 Å². The SMILES string of the molecule is O=C([O-])C=CC(=O)NCc1cccs1. The van der Waals surface area contributed by atoms with Crippen LogP contribution in [0, 0.1) is 0 Å². The Balaban J connectivity index is 2.32. The Bertz CT molecular complexity index is 343. The van der Waals surface area contributed by atoms with Crippen LogP contribution in [-0.2, 0) is 16.1 Å². The Morgan fingerprint density at radius 1 is 1.50 bits per heavy atom. The molecule has 0 unspecified atom stereocenters. The van der Waals surface area contributed by atoms with E-state index in [4.69, 9.17) is 0 Å². The smallest absolute Gasteiger partial charge is 0.244 e. The van der Waals surface area contributed by atoms with E-state index >= 15 is 0 Å². The number of carbonyl (C=O) groups is 2. The molecular weight excluding hydrogens is 202 g/mol. The Labute approximate surface area is 84.9 Å². The Morgan fingerprint density at radius 2 is 2.29 bits per heavy atom. The zero-order valence-corrected chi connectivity index (χ0v) is 8.04. The highest BCUT2D eigenvalue weighted by molar-refractivity contribution is 7.09. The second kappa shape index (κ2) is 5.18. The first kappa shape index (κ1) is 10.5. The summed E-state index contributed by atoms with van der Waals surface area (Å²) in [5.74, 6) is -1.82. The number of nitrogens with one attached hydrogen (secondary N) is 1. The molecule has 0 fully saturated rings. The zero-order valence-electron chi connectivity index (χ0n) is 7.23. The maximum absolute atomic E-state index is 11.0. The molecule has 0 spiro atoms. The van der Waals surface area contributed by atoms with Crippen molar-refractivity contribution in [3.05, 3.63) is 34.5 Å². The molecule has 1 N–H and O–H groups in total. The van der Waals surface area contributed by atoms with Gasteiger partial charge in [-0.15, -0.1) is 11.3 Å². The summed E-state index contributed by atoms with van der Waals surface area (Å²) < 4.78 is 0. The van der Waals surface area contributed by atoms with Gasteiger partial charge >= 0.3 is 0 Å². The van der Waals surface area contributed by atoms with Crippen molar-refractivity contribution in [1.29, 1.82) is 0 Å². The second-order valence-corrected chi connectivity index (χ2v) is 3.48. The summed E-state index contributed by atoms with van der Waals surface area (Å²) in [4.78, 5) is 21.9. The Kier molecular flexibility index (Phi) is 3.87. The van der Waals surface area contributed by atoms with Crippen LogP contribution >= 0.6 is 11.3 Å². The average Bonchev–Trinajstić information content (AvgIpc) is 2.63. The first-order chi connectivity index (χ1) is 6.68. The first-order valence-electron chi connectivity index (χ1n) is 3.88. The zero-order chi connectivity index (χ0) is 10.4. The summed E-state index contributed by atoms with van der Waals surface area (Å²) in [7, 11) is 0. The van der Waals surface area contributed by atoms with Gasteiger partial charge in [0.15, 0.2) is 0 Å². The van der Waals surface area contributed by atoms with Crippen molar-refractivity contribution in [2.75, 3.05) is 0 Å². The number of carboxylic acids is 1. The first-order valence-corrected chi connectivity index (χ1v) is 4.75. The fourth-order valence-electron chi connectivity index (χ4n) is 0.790. The van der Waals surface area contributed by atoms with Crippen LogP contribution in [0.1, 0.15) is 4.88 Å². The van der Waals surface area contributed by atoms with Crippen molar-refractivity contribution in [2.45, 2.75) is 6.54 Å². The molecule has 14 heavy (non-hydrogen) atoms. The summed E-state index contributed by atoms with van der Waals surface area (Å²) in [6, 6.07) is 3.76. The predicted octanol–water partition coefficient (Wildman–Crippen LogP) is -0.330. The van der Waals surface area contributed by atoms with E-state index in [1.54, 1.807) is 0 Å². The molecule has 1 amide bonds. The number of hydrogen-bond donors (Lipinski definition) is 1. The number of hydrogen-bond acceptors (Lipinski definition) is 4. The molecule has 0 bridgehead atoms. The molecule has 1 aromatic rings. The van der Waals surface area contributed by atoms with Crippen molar-refractivity contribution in [1.82, 2.24) is 5.32 Å². The van der Waals surface area contributed by atoms with E-state index in [2.05, 4.69) is 5.32 Å². The molecule has 0 aromatic carbocycles. The van der Waals surface area contributed by atoms with Gasteiger partial charge in [-0.2, -0.15) is 0 Å². The Hall–Kier alpha value is -1.62. The van der Waals surface area contributed by atoms with Crippen molar-refractivity contribution in [3.63, 3.8) is 0 Å². The maximum atomic E-state index is 11.0. The lowest BCUT2D eigenvalue weighted by molar-refractivity contribution is -0.297. The van der Waals surface area contributed by atoms with E-state index in [-0.39, 0.29) is 0 Å². The molecule has 0 aliphatic heterocycles. The van der Waals surface area contributed by atoms with Crippen LogP contribution in [0.25, 0.3) is 0 Å². The third kappa shape index (κ3) is 3.86. The highest BCUT2D eigenvalue weighted by atomic mass is 32.1. The third-order valence-electron chi connectivity index (χ3n) is 1.39. The van der Waals surface area contributed by atoms with Crippen molar-refractivity contribution >= 4 is 23.2 Å². The molecule has 74 valence electrons. The van der Waals surface area contributed by atoms with Gasteiger partial charge in [0, 0.05) is 11.0 Å². The quantitative estimate of drug-likeness (QED) is 0.692. The highest BCUT2D eigenvalue weighted by Gasteiger charge is 1.96. The molecule has 1 heterocycles. The number of carbonyl (C=O) groups excluding carboxylic acids is 2. The van der Waals surface area contributed by atoms with Crippen LogP contribution in [0.5, 0.6) is 0 Å². The summed E-state index contributed by atoms with van der Waals surface area (Å²) in [6.45, 7) is 0.411. The molecule has 0 aliphatic rings. The molecule has 1 aromatic heterocycles. The Morgan fingerprint density at radius 3 is 2.86 bits per heavy atom. The average molecular weight is 210 g/mol. The highest BCUT2D eigenvalue weighted by Crippen LogP contribution is 2.06. The van der Waals surface area contributed by atoms with E-state index in [1.165, 1.54) is 11.3 Å². The molecule has 0 aliphatic carbocycles. The van der Waals surface area contributed by atoms with Gasteiger partial charge in [-0.1, -0.05) is 6.07 Å². The minimum atomic E-state index is -1.38. The normalized spacial score (nSPS) is 10.3. The molecule has 0 saturated carbocycles.